The van der Waals surface area contributed by atoms with Crippen molar-refractivity contribution in [3.8, 4) is 0 Å². The predicted molar refractivity (Wildman–Crippen MR) is 127 cm³/mol. The quantitative estimate of drug-likeness (QED) is 0.684. The van der Waals surface area contributed by atoms with Crippen LogP contribution in [-0.2, 0) is 9.59 Å². The van der Waals surface area contributed by atoms with Crippen molar-refractivity contribution in [1.29, 1.82) is 0 Å². The van der Waals surface area contributed by atoms with Gasteiger partial charge in [-0.3, -0.25) is 14.4 Å². The first-order valence-electron chi connectivity index (χ1n) is 11.3. The van der Waals surface area contributed by atoms with Gasteiger partial charge in [0, 0.05) is 31.9 Å². The average molecular weight is 448 g/mol. The van der Waals surface area contributed by atoms with E-state index in [1.165, 1.54) is 5.56 Å². The number of anilines is 2. The van der Waals surface area contributed by atoms with Gasteiger partial charge in [0.2, 0.25) is 5.91 Å². The van der Waals surface area contributed by atoms with Crippen molar-refractivity contribution < 1.29 is 19.5 Å². The van der Waals surface area contributed by atoms with E-state index in [4.69, 9.17) is 0 Å². The summed E-state index contributed by atoms with van der Waals surface area (Å²) in [7, 11) is 0. The summed E-state index contributed by atoms with van der Waals surface area (Å²) in [5.74, 6) is -2.89. The van der Waals surface area contributed by atoms with Crippen LogP contribution in [0, 0.1) is 18.8 Å². The molecule has 1 fully saturated rings. The van der Waals surface area contributed by atoms with Crippen LogP contribution in [0.5, 0.6) is 0 Å². The molecule has 0 unspecified atom stereocenters. The molecule has 7 nitrogen and oxygen atoms in total. The number of amides is 2. The number of carboxylic acid groups (broad SMARTS) is 1. The number of carbonyl (C=O) groups is 3. The maximum atomic E-state index is 13.3. The van der Waals surface area contributed by atoms with Gasteiger partial charge in [0.15, 0.2) is 0 Å². The predicted octanol–water partition coefficient (Wildman–Crippen LogP) is 3.56. The van der Waals surface area contributed by atoms with Crippen molar-refractivity contribution in [2.75, 3.05) is 36.4 Å². The van der Waals surface area contributed by atoms with Crippen molar-refractivity contribution in [1.82, 2.24) is 4.90 Å². The fraction of sp³-hybridized carbons (Fsp3) is 0.346. The Morgan fingerprint density at radius 2 is 1.52 bits per heavy atom. The second-order valence-electron chi connectivity index (χ2n) is 8.64. The molecule has 4 rings (SSSR count). The number of carboxylic acids is 1. The van der Waals surface area contributed by atoms with Crippen LogP contribution >= 0.6 is 0 Å². The molecule has 2 aliphatic rings. The molecule has 0 spiro atoms. The standard InChI is InChI=1S/C26H29N3O4/c1-18-10-12-19(13-11-18)28-14-16-29(17-15-28)25(31)22-8-4-5-9-23(22)27-24(30)20-6-2-3-7-21(20)26(32)33/h2-5,8-13,20-21H,6-7,14-17H2,1H3,(H,27,30)(H,32,33)/t20-,21-/m1/s1. The van der Waals surface area contributed by atoms with Gasteiger partial charge in [-0.05, 0) is 44.0 Å². The zero-order valence-electron chi connectivity index (χ0n) is 18.7. The Labute approximate surface area is 193 Å². The summed E-state index contributed by atoms with van der Waals surface area (Å²) in [6.45, 7) is 4.70. The Morgan fingerprint density at radius 3 is 2.18 bits per heavy atom. The molecule has 1 heterocycles. The molecule has 172 valence electrons. The molecule has 2 atom stereocenters. The molecule has 0 bridgehead atoms. The van der Waals surface area contributed by atoms with Gasteiger partial charge in [0.05, 0.1) is 23.1 Å². The number of aryl methyl sites for hydroxylation is 1. The topological polar surface area (TPSA) is 90.0 Å². The summed E-state index contributed by atoms with van der Waals surface area (Å²) in [5.41, 5.74) is 3.21. The number of hydrogen-bond donors (Lipinski definition) is 2. The highest BCUT2D eigenvalue weighted by Crippen LogP contribution is 2.28. The average Bonchev–Trinajstić information content (AvgIpc) is 2.84. The number of benzene rings is 2. The number of nitrogens with zero attached hydrogens (tertiary/aromatic N) is 2. The molecule has 1 aliphatic heterocycles. The minimum absolute atomic E-state index is 0.132. The second-order valence-corrected chi connectivity index (χ2v) is 8.64. The van der Waals surface area contributed by atoms with Gasteiger partial charge in [-0.25, -0.2) is 0 Å². The molecule has 0 aromatic heterocycles. The van der Waals surface area contributed by atoms with E-state index >= 15 is 0 Å². The lowest BCUT2D eigenvalue weighted by molar-refractivity contribution is -0.146. The first-order chi connectivity index (χ1) is 15.9. The summed E-state index contributed by atoms with van der Waals surface area (Å²) in [4.78, 5) is 41.8. The lowest BCUT2D eigenvalue weighted by atomic mass is 9.82. The van der Waals surface area contributed by atoms with Gasteiger partial charge in [-0.15, -0.1) is 0 Å². The van der Waals surface area contributed by atoms with Gasteiger partial charge in [-0.1, -0.05) is 42.0 Å². The summed E-state index contributed by atoms with van der Waals surface area (Å²) < 4.78 is 0. The molecule has 2 amide bonds. The maximum absolute atomic E-state index is 13.3. The van der Waals surface area contributed by atoms with E-state index in [2.05, 4.69) is 41.4 Å². The molecule has 0 radical (unpaired) electrons. The van der Waals surface area contributed by atoms with Gasteiger partial charge in [0.25, 0.3) is 5.91 Å². The van der Waals surface area contributed by atoms with E-state index in [1.54, 1.807) is 35.2 Å². The van der Waals surface area contributed by atoms with E-state index in [-0.39, 0.29) is 11.8 Å². The number of hydrogen-bond acceptors (Lipinski definition) is 4. The minimum atomic E-state index is -0.977. The van der Waals surface area contributed by atoms with Crippen LogP contribution < -0.4 is 10.2 Å². The highest BCUT2D eigenvalue weighted by Gasteiger charge is 2.34. The van der Waals surface area contributed by atoms with Crippen LogP contribution in [0.15, 0.2) is 60.7 Å². The minimum Gasteiger partial charge on any atom is -0.481 e. The summed E-state index contributed by atoms with van der Waals surface area (Å²) in [6, 6.07) is 15.3. The van der Waals surface area contributed by atoms with Crippen LogP contribution in [0.4, 0.5) is 11.4 Å². The second kappa shape index (κ2) is 9.90. The first-order valence-corrected chi connectivity index (χ1v) is 11.3. The maximum Gasteiger partial charge on any atom is 0.307 e. The van der Waals surface area contributed by atoms with E-state index in [9.17, 15) is 19.5 Å². The Balaban J connectivity index is 1.43. The van der Waals surface area contributed by atoms with Crippen molar-refractivity contribution in [2.24, 2.45) is 11.8 Å². The summed E-state index contributed by atoms with van der Waals surface area (Å²) in [6.07, 6.45) is 4.35. The number of allylic oxidation sites excluding steroid dienone is 2. The first kappa shape index (κ1) is 22.6. The number of carbonyl (C=O) groups excluding carboxylic acids is 2. The molecular formula is C26H29N3O4. The molecule has 1 saturated heterocycles. The molecule has 0 saturated carbocycles. The van der Waals surface area contributed by atoms with E-state index in [1.807, 2.05) is 6.08 Å². The summed E-state index contributed by atoms with van der Waals surface area (Å²) in [5, 5.41) is 12.3. The van der Waals surface area contributed by atoms with Crippen molar-refractivity contribution in [3.05, 3.63) is 71.8 Å². The smallest absolute Gasteiger partial charge is 0.307 e. The van der Waals surface area contributed by atoms with E-state index in [0.717, 1.165) is 18.8 Å². The fourth-order valence-electron chi connectivity index (χ4n) is 4.47. The van der Waals surface area contributed by atoms with E-state index < -0.39 is 17.8 Å². The van der Waals surface area contributed by atoms with Crippen LogP contribution in [0.2, 0.25) is 0 Å². The number of para-hydroxylation sites is 1. The molecule has 1 aliphatic carbocycles. The highest BCUT2D eigenvalue weighted by atomic mass is 16.4. The molecular weight excluding hydrogens is 418 g/mol. The third-order valence-electron chi connectivity index (χ3n) is 6.47. The van der Waals surface area contributed by atoms with Gasteiger partial charge < -0.3 is 20.2 Å². The van der Waals surface area contributed by atoms with Crippen LogP contribution in [0.25, 0.3) is 0 Å². The Morgan fingerprint density at radius 1 is 0.879 bits per heavy atom. The largest absolute Gasteiger partial charge is 0.481 e. The van der Waals surface area contributed by atoms with E-state index in [0.29, 0.717) is 37.2 Å². The Hall–Kier alpha value is -3.61. The van der Waals surface area contributed by atoms with Gasteiger partial charge in [0.1, 0.15) is 0 Å². The summed E-state index contributed by atoms with van der Waals surface area (Å²) >= 11 is 0. The van der Waals surface area contributed by atoms with Gasteiger partial charge in [-0.2, -0.15) is 0 Å². The molecule has 2 aromatic rings. The lowest BCUT2D eigenvalue weighted by Gasteiger charge is -2.36. The Kier molecular flexibility index (Phi) is 6.77. The van der Waals surface area contributed by atoms with Crippen LogP contribution in [-0.4, -0.2) is 54.0 Å². The highest BCUT2D eigenvalue weighted by molar-refractivity contribution is 6.04. The third kappa shape index (κ3) is 5.08. The van der Waals surface area contributed by atoms with Crippen LogP contribution in [0.1, 0.15) is 28.8 Å². The normalized spacial score (nSPS) is 20.4. The van der Waals surface area contributed by atoms with Crippen LogP contribution in [0.3, 0.4) is 0 Å². The SMILES string of the molecule is Cc1ccc(N2CCN(C(=O)c3ccccc3NC(=O)[C@@H]3CC=CC[C@H]3C(=O)O)CC2)cc1. The molecule has 33 heavy (non-hydrogen) atoms. The number of nitrogens with one attached hydrogen (secondary N) is 1. The molecule has 7 heteroatoms. The fourth-order valence-corrected chi connectivity index (χ4v) is 4.47. The molecule has 2 aromatic carbocycles. The zero-order chi connectivity index (χ0) is 23.4. The third-order valence-corrected chi connectivity index (χ3v) is 6.47. The zero-order valence-corrected chi connectivity index (χ0v) is 18.7. The van der Waals surface area contributed by atoms with Crippen molar-refractivity contribution in [2.45, 2.75) is 19.8 Å². The number of piperazine rings is 1. The van der Waals surface area contributed by atoms with Gasteiger partial charge >= 0.3 is 5.97 Å². The van der Waals surface area contributed by atoms with Crippen molar-refractivity contribution >= 4 is 29.2 Å². The number of rotatable bonds is 5. The molecule has 2 N–H and O–H groups in total. The van der Waals surface area contributed by atoms with Crippen molar-refractivity contribution in [3.63, 3.8) is 0 Å². The Bertz CT molecular complexity index is 1060. The monoisotopic (exact) mass is 447 g/mol. The number of aliphatic carboxylic acids is 1. The lowest BCUT2D eigenvalue weighted by Crippen LogP contribution is -2.49.